The topological polar surface area (TPSA) is 53.0 Å². The Morgan fingerprint density at radius 2 is 1.47 bits per heavy atom. The smallest absolute Gasteiger partial charge is 0.163 e. The molecule has 0 bridgehead atoms. The zero-order chi connectivity index (χ0) is 31.0. The number of nitrogens with zero attached hydrogens (tertiary/aromatic N) is 2. The van der Waals surface area contributed by atoms with E-state index in [1.807, 2.05) is 30.0 Å². The van der Waals surface area contributed by atoms with E-state index in [0.29, 0.717) is 42.1 Å². The third kappa shape index (κ3) is 6.44. The molecule has 2 fully saturated rings. The van der Waals surface area contributed by atoms with Crippen molar-refractivity contribution in [2.24, 2.45) is 11.8 Å². The van der Waals surface area contributed by atoms with Gasteiger partial charge in [0.1, 0.15) is 34.3 Å². The van der Waals surface area contributed by atoms with E-state index in [9.17, 15) is 22.7 Å². The first-order chi connectivity index (χ1) is 21.2. The van der Waals surface area contributed by atoms with Crippen molar-refractivity contribution >= 4 is 40.0 Å². The largest absolute Gasteiger partial charge is 0.464 e. The summed E-state index contributed by atoms with van der Waals surface area (Å²) in [6, 6.07) is 14.9. The molecule has 2 aliphatic rings. The van der Waals surface area contributed by atoms with Gasteiger partial charge in [0.05, 0.1) is 28.9 Å². The van der Waals surface area contributed by atoms with Crippen LogP contribution in [0.4, 0.5) is 23.2 Å². The summed E-state index contributed by atoms with van der Waals surface area (Å²) in [5, 5.41) is 11.9. The molecule has 0 radical (unpaired) electrons. The minimum atomic E-state index is -1.39. The molecule has 2 aromatic heterocycles. The number of piperidine rings is 2. The van der Waals surface area contributed by atoms with Gasteiger partial charge in [0, 0.05) is 50.8 Å². The first-order valence-corrected chi connectivity index (χ1v) is 15.1. The summed E-state index contributed by atoms with van der Waals surface area (Å²) in [4.78, 5) is 4.21. The standard InChI is InChI=1S/C21H21F2NO2.C14H15F2NO.ClH/c1-14-12-24(13-15-5-3-2-4-6-15)9-8-21(14,25)19-18(23)11-17(22)16-7-10-26-20(16)19;1-9-3-2-5-17(8-9)13-12(16)7-11(15)10-4-6-18-14(10)13;/h2-7,10-11,14,25H,8-9,12-13H2,1H3;4,6-7,9H,2-3,5,8H2,1H3;1H. The van der Waals surface area contributed by atoms with Gasteiger partial charge in [-0.15, -0.1) is 12.4 Å². The molecule has 5 nitrogen and oxygen atoms in total. The summed E-state index contributed by atoms with van der Waals surface area (Å²) in [6.07, 6.45) is 5.28. The molecule has 3 unspecified atom stereocenters. The van der Waals surface area contributed by atoms with Gasteiger partial charge in [-0.25, -0.2) is 17.6 Å². The van der Waals surface area contributed by atoms with Gasteiger partial charge in [0.15, 0.2) is 11.4 Å². The van der Waals surface area contributed by atoms with Crippen LogP contribution in [0.25, 0.3) is 21.9 Å². The quantitative estimate of drug-likeness (QED) is 0.198. The molecule has 0 aliphatic carbocycles. The predicted molar refractivity (Wildman–Crippen MR) is 170 cm³/mol. The number of anilines is 1. The lowest BCUT2D eigenvalue weighted by Gasteiger charge is -2.43. The van der Waals surface area contributed by atoms with Gasteiger partial charge < -0.3 is 18.8 Å². The highest BCUT2D eigenvalue weighted by Gasteiger charge is 2.44. The van der Waals surface area contributed by atoms with Gasteiger partial charge in [-0.1, -0.05) is 44.2 Å². The van der Waals surface area contributed by atoms with Crippen LogP contribution < -0.4 is 4.90 Å². The van der Waals surface area contributed by atoms with Crippen molar-refractivity contribution in [2.45, 2.75) is 45.3 Å². The van der Waals surface area contributed by atoms with E-state index in [1.165, 1.54) is 24.2 Å². The number of halogens is 5. The molecular formula is C35H37ClF4N2O3. The maximum absolute atomic E-state index is 14.6. The Bertz CT molecular complexity index is 1760. The summed E-state index contributed by atoms with van der Waals surface area (Å²) in [6.45, 7) is 7.64. The van der Waals surface area contributed by atoms with Crippen LogP contribution >= 0.6 is 12.4 Å². The van der Waals surface area contributed by atoms with E-state index in [0.717, 1.165) is 44.6 Å². The predicted octanol–water partition coefficient (Wildman–Crippen LogP) is 8.81. The van der Waals surface area contributed by atoms with Gasteiger partial charge in [0.25, 0.3) is 0 Å². The molecule has 3 aromatic carbocycles. The van der Waals surface area contributed by atoms with Crippen molar-refractivity contribution in [1.29, 1.82) is 0 Å². The van der Waals surface area contributed by atoms with E-state index >= 15 is 0 Å². The zero-order valence-corrected chi connectivity index (χ0v) is 26.1. The van der Waals surface area contributed by atoms with Gasteiger partial charge >= 0.3 is 0 Å². The highest BCUT2D eigenvalue weighted by molar-refractivity contribution is 5.90. The number of hydrogen-bond acceptors (Lipinski definition) is 5. The molecule has 2 saturated heterocycles. The Labute approximate surface area is 265 Å². The lowest BCUT2D eigenvalue weighted by Crippen LogP contribution is -2.49. The zero-order valence-electron chi connectivity index (χ0n) is 25.2. The van der Waals surface area contributed by atoms with Crippen molar-refractivity contribution in [1.82, 2.24) is 4.90 Å². The third-order valence-corrected chi connectivity index (χ3v) is 9.07. The molecule has 45 heavy (non-hydrogen) atoms. The molecule has 0 amide bonds. The molecule has 10 heteroatoms. The monoisotopic (exact) mass is 644 g/mol. The Hall–Kier alpha value is -3.53. The first-order valence-electron chi connectivity index (χ1n) is 15.1. The molecule has 7 rings (SSSR count). The average Bonchev–Trinajstić information content (AvgIpc) is 3.67. The molecular weight excluding hydrogens is 608 g/mol. The summed E-state index contributed by atoms with van der Waals surface area (Å²) < 4.78 is 66.8. The van der Waals surface area contributed by atoms with Crippen molar-refractivity contribution in [2.75, 3.05) is 31.1 Å². The van der Waals surface area contributed by atoms with Crippen LogP contribution in [0.5, 0.6) is 0 Å². The van der Waals surface area contributed by atoms with Crippen molar-refractivity contribution in [3.63, 3.8) is 0 Å². The van der Waals surface area contributed by atoms with E-state index in [4.69, 9.17) is 8.83 Å². The maximum atomic E-state index is 14.6. The third-order valence-electron chi connectivity index (χ3n) is 9.07. The molecule has 1 N–H and O–H groups in total. The van der Waals surface area contributed by atoms with Crippen LogP contribution in [0.15, 0.2) is 76.0 Å². The fourth-order valence-electron chi connectivity index (χ4n) is 6.76. The van der Waals surface area contributed by atoms with Gasteiger partial charge in [-0.2, -0.15) is 0 Å². The molecule has 3 atom stereocenters. The van der Waals surface area contributed by atoms with E-state index in [1.54, 1.807) is 6.07 Å². The summed E-state index contributed by atoms with van der Waals surface area (Å²) in [7, 11) is 0. The lowest BCUT2D eigenvalue weighted by molar-refractivity contribution is -0.0744. The fourth-order valence-corrected chi connectivity index (χ4v) is 6.76. The van der Waals surface area contributed by atoms with E-state index in [2.05, 4.69) is 24.0 Å². The van der Waals surface area contributed by atoms with Crippen LogP contribution in [-0.2, 0) is 12.1 Å². The fraction of sp³-hybridized carbons (Fsp3) is 0.371. The summed E-state index contributed by atoms with van der Waals surface area (Å²) in [5.41, 5.74) is 0.719. The normalized spacial score (nSPS) is 22.2. The number of aliphatic hydroxyl groups is 1. The summed E-state index contributed by atoms with van der Waals surface area (Å²) in [5.74, 6) is -2.24. The number of hydrogen-bond donors (Lipinski definition) is 1. The van der Waals surface area contributed by atoms with Gasteiger partial charge in [-0.05, 0) is 42.9 Å². The minimum absolute atomic E-state index is 0. The molecule has 2 aliphatic heterocycles. The van der Waals surface area contributed by atoms with Gasteiger partial charge in [-0.3, -0.25) is 4.90 Å². The number of furan rings is 2. The number of benzene rings is 3. The van der Waals surface area contributed by atoms with Gasteiger partial charge in [0.2, 0.25) is 0 Å². The second-order valence-electron chi connectivity index (χ2n) is 12.2. The minimum Gasteiger partial charge on any atom is -0.464 e. The SMILES string of the molecule is CC1CCCN(c2c(F)cc(F)c3ccoc23)C1.CC1CN(Cc2ccccc2)CCC1(O)c1c(F)cc(F)c2ccoc12.Cl. The maximum Gasteiger partial charge on any atom is 0.163 e. The lowest BCUT2D eigenvalue weighted by atomic mass is 9.76. The average molecular weight is 645 g/mol. The molecule has 4 heterocycles. The van der Waals surface area contributed by atoms with E-state index < -0.39 is 28.9 Å². The number of fused-ring (bicyclic) bond motifs is 2. The van der Waals surface area contributed by atoms with Crippen LogP contribution in [0.3, 0.4) is 0 Å². The molecule has 5 aromatic rings. The van der Waals surface area contributed by atoms with Crippen LogP contribution in [0.2, 0.25) is 0 Å². The van der Waals surface area contributed by atoms with Crippen LogP contribution in [0, 0.1) is 35.1 Å². The molecule has 0 saturated carbocycles. The van der Waals surface area contributed by atoms with Crippen molar-refractivity contribution in [3.05, 3.63) is 102 Å². The van der Waals surface area contributed by atoms with Crippen molar-refractivity contribution < 1.29 is 31.5 Å². The second-order valence-corrected chi connectivity index (χ2v) is 12.2. The first kappa shape index (κ1) is 32.9. The summed E-state index contributed by atoms with van der Waals surface area (Å²) >= 11 is 0. The van der Waals surface area contributed by atoms with Crippen LogP contribution in [0.1, 0.15) is 44.2 Å². The Balaban J connectivity index is 0.000000185. The second kappa shape index (κ2) is 13.4. The molecule has 240 valence electrons. The van der Waals surface area contributed by atoms with Crippen LogP contribution in [-0.4, -0.2) is 36.2 Å². The number of rotatable bonds is 4. The van der Waals surface area contributed by atoms with E-state index in [-0.39, 0.29) is 34.9 Å². The Morgan fingerprint density at radius 1 is 0.822 bits per heavy atom. The highest BCUT2D eigenvalue weighted by atomic mass is 35.5. The van der Waals surface area contributed by atoms with Crippen molar-refractivity contribution in [3.8, 4) is 0 Å². The molecule has 0 spiro atoms. The Morgan fingerprint density at radius 3 is 2.13 bits per heavy atom. The Kier molecular flexibility index (Phi) is 9.82. The highest BCUT2D eigenvalue weighted by Crippen LogP contribution is 2.43. The number of likely N-dealkylation sites (tertiary alicyclic amines) is 1.